The maximum Gasteiger partial charge on any atom is 0.231 e. The number of aromatic nitrogens is 1. The molecule has 22 heavy (non-hydrogen) atoms. The fraction of sp³-hybridized carbons (Fsp3) is 0.286. The summed E-state index contributed by atoms with van der Waals surface area (Å²) in [5.74, 6) is 1.39. The summed E-state index contributed by atoms with van der Waals surface area (Å²) in [7, 11) is 0. The third-order valence-electron chi connectivity index (χ3n) is 3.03. The summed E-state index contributed by atoms with van der Waals surface area (Å²) >= 11 is 1.39. The molecule has 1 aliphatic rings. The molecule has 0 atom stereocenters. The van der Waals surface area contributed by atoms with Crippen molar-refractivity contribution < 1.29 is 14.3 Å². The maximum absolute atomic E-state index is 11.6. The number of carbonyl (C=O) groups is 1. The van der Waals surface area contributed by atoms with Crippen LogP contribution < -0.4 is 20.5 Å². The van der Waals surface area contributed by atoms with Gasteiger partial charge in [0.05, 0.1) is 5.69 Å². The van der Waals surface area contributed by atoms with Crippen LogP contribution >= 0.6 is 23.7 Å². The summed E-state index contributed by atoms with van der Waals surface area (Å²) in [4.78, 5) is 16.0. The van der Waals surface area contributed by atoms with E-state index < -0.39 is 0 Å². The first kappa shape index (κ1) is 16.5. The van der Waals surface area contributed by atoms with E-state index in [2.05, 4.69) is 10.3 Å². The van der Waals surface area contributed by atoms with Crippen molar-refractivity contribution in [1.82, 2.24) is 4.98 Å². The van der Waals surface area contributed by atoms with Crippen LogP contribution in [0, 0.1) is 0 Å². The number of fused-ring (bicyclic) bond motifs is 1. The van der Waals surface area contributed by atoms with Crippen LogP contribution in [0.1, 0.15) is 12.8 Å². The molecule has 1 amide bonds. The average Bonchev–Trinajstić information content (AvgIpc) is 3.12. The van der Waals surface area contributed by atoms with E-state index >= 15 is 0 Å². The number of amides is 1. The second kappa shape index (κ2) is 7.44. The van der Waals surface area contributed by atoms with Crippen LogP contribution in [0.5, 0.6) is 11.5 Å². The van der Waals surface area contributed by atoms with Crippen LogP contribution in [0.2, 0.25) is 0 Å². The van der Waals surface area contributed by atoms with Gasteiger partial charge in [-0.2, -0.15) is 0 Å². The standard InChI is InChI=1S/C14H15N3O3S.ClH/c15-5-1-2-13(18)17-14-16-10(7-21-14)9-3-4-11-12(6-9)20-8-19-11;/h3-4,6-7H,1-2,5,8,15H2,(H,16,17,18);1H. The van der Waals surface area contributed by atoms with Gasteiger partial charge in [0.2, 0.25) is 12.7 Å². The van der Waals surface area contributed by atoms with E-state index in [-0.39, 0.29) is 25.1 Å². The minimum absolute atomic E-state index is 0. The second-order valence-electron chi connectivity index (χ2n) is 4.55. The van der Waals surface area contributed by atoms with Crippen molar-refractivity contribution in [2.75, 3.05) is 18.7 Å². The molecule has 8 heteroatoms. The van der Waals surface area contributed by atoms with Crippen LogP contribution in [-0.4, -0.2) is 24.2 Å². The number of carbonyl (C=O) groups excluding carboxylic acids is 1. The van der Waals surface area contributed by atoms with E-state index in [0.717, 1.165) is 17.0 Å². The predicted molar refractivity (Wildman–Crippen MR) is 87.8 cm³/mol. The summed E-state index contributed by atoms with van der Waals surface area (Å²) in [6, 6.07) is 5.66. The van der Waals surface area contributed by atoms with Crippen LogP contribution in [0.3, 0.4) is 0 Å². The maximum atomic E-state index is 11.6. The zero-order chi connectivity index (χ0) is 14.7. The molecule has 2 heterocycles. The SMILES string of the molecule is Cl.NCCCC(=O)Nc1nc(-c2ccc3c(c2)OCO3)cs1. The Kier molecular flexibility index (Phi) is 5.59. The highest BCUT2D eigenvalue weighted by molar-refractivity contribution is 7.14. The summed E-state index contributed by atoms with van der Waals surface area (Å²) in [5.41, 5.74) is 7.11. The van der Waals surface area contributed by atoms with Gasteiger partial charge in [-0.3, -0.25) is 4.79 Å². The minimum atomic E-state index is -0.0629. The van der Waals surface area contributed by atoms with Gasteiger partial charge in [0, 0.05) is 17.4 Å². The number of hydrogen-bond acceptors (Lipinski definition) is 6. The fourth-order valence-electron chi connectivity index (χ4n) is 1.96. The lowest BCUT2D eigenvalue weighted by Crippen LogP contribution is -2.13. The average molecular weight is 342 g/mol. The summed E-state index contributed by atoms with van der Waals surface area (Å²) < 4.78 is 10.6. The smallest absolute Gasteiger partial charge is 0.231 e. The van der Waals surface area contributed by atoms with Crippen LogP contribution in [0.15, 0.2) is 23.6 Å². The van der Waals surface area contributed by atoms with Crippen molar-refractivity contribution in [3.63, 3.8) is 0 Å². The van der Waals surface area contributed by atoms with Gasteiger partial charge in [-0.05, 0) is 31.2 Å². The number of anilines is 1. The molecule has 1 aliphatic heterocycles. The lowest BCUT2D eigenvalue weighted by molar-refractivity contribution is -0.116. The molecular weight excluding hydrogens is 326 g/mol. The first-order chi connectivity index (χ1) is 10.3. The van der Waals surface area contributed by atoms with Gasteiger partial charge in [0.25, 0.3) is 0 Å². The summed E-state index contributed by atoms with van der Waals surface area (Å²) in [6.07, 6.45) is 1.08. The number of rotatable bonds is 5. The van der Waals surface area contributed by atoms with Crippen LogP contribution in [0.25, 0.3) is 11.3 Å². The molecule has 0 spiro atoms. The van der Waals surface area contributed by atoms with Crippen molar-refractivity contribution in [3.8, 4) is 22.8 Å². The molecule has 0 bridgehead atoms. The van der Waals surface area contributed by atoms with Crippen molar-refractivity contribution in [2.45, 2.75) is 12.8 Å². The molecule has 6 nitrogen and oxygen atoms in total. The van der Waals surface area contributed by atoms with Gasteiger partial charge in [-0.15, -0.1) is 23.7 Å². The first-order valence-corrected chi connectivity index (χ1v) is 7.49. The number of nitrogens with zero attached hydrogens (tertiary/aromatic N) is 1. The first-order valence-electron chi connectivity index (χ1n) is 6.62. The van der Waals surface area contributed by atoms with Crippen molar-refractivity contribution >= 4 is 34.8 Å². The molecule has 1 aromatic carbocycles. The molecule has 0 radical (unpaired) electrons. The van der Waals surface area contributed by atoms with E-state index in [1.807, 2.05) is 23.6 Å². The van der Waals surface area contributed by atoms with E-state index in [9.17, 15) is 4.79 Å². The molecule has 0 fully saturated rings. The Balaban J connectivity index is 0.00000176. The highest BCUT2D eigenvalue weighted by Crippen LogP contribution is 2.36. The second-order valence-corrected chi connectivity index (χ2v) is 5.40. The molecule has 0 aliphatic carbocycles. The lowest BCUT2D eigenvalue weighted by atomic mass is 10.1. The van der Waals surface area contributed by atoms with Gasteiger partial charge in [0.1, 0.15) is 0 Å². The highest BCUT2D eigenvalue weighted by atomic mass is 35.5. The Morgan fingerprint density at radius 1 is 1.36 bits per heavy atom. The number of nitrogens with one attached hydrogen (secondary N) is 1. The number of thiazole rings is 1. The number of halogens is 1. The van der Waals surface area contributed by atoms with Gasteiger partial charge in [-0.1, -0.05) is 0 Å². The number of ether oxygens (including phenoxy) is 2. The molecule has 3 rings (SSSR count). The van der Waals surface area contributed by atoms with Crippen LogP contribution in [-0.2, 0) is 4.79 Å². The summed E-state index contributed by atoms with van der Waals surface area (Å²) in [6.45, 7) is 0.756. The van der Waals surface area contributed by atoms with E-state index in [1.54, 1.807) is 0 Å². The zero-order valence-corrected chi connectivity index (χ0v) is 13.3. The third kappa shape index (κ3) is 3.68. The number of benzene rings is 1. The van der Waals surface area contributed by atoms with E-state index in [1.165, 1.54) is 11.3 Å². The Hall–Kier alpha value is -1.83. The quantitative estimate of drug-likeness (QED) is 0.873. The van der Waals surface area contributed by atoms with Crippen molar-refractivity contribution in [3.05, 3.63) is 23.6 Å². The molecule has 0 saturated carbocycles. The zero-order valence-electron chi connectivity index (χ0n) is 11.7. The summed E-state index contributed by atoms with van der Waals surface area (Å²) in [5, 5.41) is 5.26. The third-order valence-corrected chi connectivity index (χ3v) is 3.78. The fourth-order valence-corrected chi connectivity index (χ4v) is 2.70. The monoisotopic (exact) mass is 341 g/mol. The number of hydrogen-bond donors (Lipinski definition) is 2. The van der Waals surface area contributed by atoms with Gasteiger partial charge < -0.3 is 20.5 Å². The predicted octanol–water partition coefficient (Wildman–Crippen LogP) is 2.64. The largest absolute Gasteiger partial charge is 0.454 e. The Morgan fingerprint density at radius 2 is 2.18 bits per heavy atom. The molecule has 0 unspecified atom stereocenters. The minimum Gasteiger partial charge on any atom is -0.454 e. The van der Waals surface area contributed by atoms with E-state index in [0.29, 0.717) is 30.3 Å². The molecule has 0 saturated heterocycles. The molecule has 3 N–H and O–H groups in total. The van der Waals surface area contributed by atoms with Gasteiger partial charge in [0.15, 0.2) is 16.6 Å². The van der Waals surface area contributed by atoms with Crippen LogP contribution in [0.4, 0.5) is 5.13 Å². The molecular formula is C14H16ClN3O3S. The van der Waals surface area contributed by atoms with Crippen molar-refractivity contribution in [1.29, 1.82) is 0 Å². The van der Waals surface area contributed by atoms with Gasteiger partial charge >= 0.3 is 0 Å². The normalized spacial score (nSPS) is 11.9. The Labute approximate surface area is 138 Å². The Morgan fingerprint density at radius 3 is 3.00 bits per heavy atom. The lowest BCUT2D eigenvalue weighted by Gasteiger charge is -2.01. The Bertz CT molecular complexity index is 663. The van der Waals surface area contributed by atoms with E-state index in [4.69, 9.17) is 15.2 Å². The molecule has 2 aromatic rings. The van der Waals surface area contributed by atoms with Gasteiger partial charge in [-0.25, -0.2) is 4.98 Å². The number of nitrogens with two attached hydrogens (primary N) is 1. The topological polar surface area (TPSA) is 86.5 Å². The molecule has 118 valence electrons. The highest BCUT2D eigenvalue weighted by Gasteiger charge is 2.15. The molecule has 1 aromatic heterocycles. The van der Waals surface area contributed by atoms with Crippen molar-refractivity contribution in [2.24, 2.45) is 5.73 Å².